The van der Waals surface area contributed by atoms with Crippen LogP contribution in [0.3, 0.4) is 0 Å². The van der Waals surface area contributed by atoms with E-state index in [2.05, 4.69) is 9.71 Å². The number of benzene rings is 2. The molecule has 0 aliphatic heterocycles. The first-order valence-corrected chi connectivity index (χ1v) is 10.2. The molecular weight excluding hydrogens is 356 g/mol. The molecular formula is C19H19ClN2O2S. The summed E-state index contributed by atoms with van der Waals surface area (Å²) in [4.78, 5) is 3.71. The van der Waals surface area contributed by atoms with E-state index in [0.717, 1.165) is 35.7 Å². The van der Waals surface area contributed by atoms with E-state index in [1.54, 1.807) is 30.3 Å². The molecule has 0 saturated heterocycles. The third kappa shape index (κ3) is 3.02. The summed E-state index contributed by atoms with van der Waals surface area (Å²) in [6.45, 7) is 1.83. The van der Waals surface area contributed by atoms with E-state index >= 15 is 0 Å². The van der Waals surface area contributed by atoms with Gasteiger partial charge in [-0.05, 0) is 80.1 Å². The number of nitrogens with one attached hydrogen (secondary N) is 2. The largest absolute Gasteiger partial charge is 0.358 e. The van der Waals surface area contributed by atoms with Crippen LogP contribution in [0.4, 0.5) is 5.69 Å². The van der Waals surface area contributed by atoms with Gasteiger partial charge in [0.15, 0.2) is 0 Å². The van der Waals surface area contributed by atoms with Gasteiger partial charge >= 0.3 is 0 Å². The van der Waals surface area contributed by atoms with Crippen LogP contribution >= 0.6 is 11.6 Å². The minimum atomic E-state index is -3.65. The van der Waals surface area contributed by atoms with E-state index in [1.807, 2.05) is 13.0 Å². The van der Waals surface area contributed by atoms with Crippen molar-refractivity contribution in [2.75, 3.05) is 4.72 Å². The molecule has 6 heteroatoms. The minimum absolute atomic E-state index is 0.279. The fraction of sp³-hybridized carbons (Fsp3) is 0.263. The van der Waals surface area contributed by atoms with Crippen LogP contribution in [0, 0.1) is 6.92 Å². The monoisotopic (exact) mass is 374 g/mol. The minimum Gasteiger partial charge on any atom is -0.358 e. The van der Waals surface area contributed by atoms with Gasteiger partial charge in [0.1, 0.15) is 0 Å². The first-order chi connectivity index (χ1) is 11.9. The molecule has 2 aromatic carbocycles. The van der Waals surface area contributed by atoms with Crippen molar-refractivity contribution < 1.29 is 8.42 Å². The lowest BCUT2D eigenvalue weighted by Gasteiger charge is -2.12. The number of aromatic amines is 1. The number of aryl methyl sites for hydroxylation is 3. The van der Waals surface area contributed by atoms with Crippen LogP contribution in [0.5, 0.6) is 0 Å². The van der Waals surface area contributed by atoms with Crippen molar-refractivity contribution in [3.63, 3.8) is 0 Å². The number of H-pyrrole nitrogens is 1. The van der Waals surface area contributed by atoms with Crippen LogP contribution in [0.1, 0.15) is 29.7 Å². The van der Waals surface area contributed by atoms with Gasteiger partial charge in [0.2, 0.25) is 0 Å². The van der Waals surface area contributed by atoms with Gasteiger partial charge in [-0.25, -0.2) is 8.42 Å². The quantitative estimate of drug-likeness (QED) is 0.691. The lowest BCUT2D eigenvalue weighted by Crippen LogP contribution is -2.13. The molecule has 0 saturated carbocycles. The van der Waals surface area contributed by atoms with Crippen molar-refractivity contribution in [2.45, 2.75) is 37.5 Å². The lowest BCUT2D eigenvalue weighted by molar-refractivity contribution is 0.601. The maximum atomic E-state index is 12.8. The Morgan fingerprint density at radius 3 is 2.68 bits per heavy atom. The summed E-state index contributed by atoms with van der Waals surface area (Å²) in [7, 11) is -3.65. The second kappa shape index (κ2) is 6.07. The molecule has 0 atom stereocenters. The fourth-order valence-electron chi connectivity index (χ4n) is 3.50. The van der Waals surface area contributed by atoms with Gasteiger partial charge in [-0.1, -0.05) is 11.6 Å². The van der Waals surface area contributed by atoms with Crippen LogP contribution in [0.25, 0.3) is 10.9 Å². The SMILES string of the molecule is Cc1cc(Cl)ccc1NS(=O)(=O)c1ccc2[nH]c3c(c2c1)CCCC3. The molecule has 2 N–H and O–H groups in total. The fourth-order valence-corrected chi connectivity index (χ4v) is 4.88. The predicted octanol–water partition coefficient (Wildman–Crippen LogP) is 4.81. The van der Waals surface area contributed by atoms with E-state index in [0.29, 0.717) is 10.7 Å². The molecule has 1 heterocycles. The van der Waals surface area contributed by atoms with Gasteiger partial charge < -0.3 is 4.98 Å². The van der Waals surface area contributed by atoms with Crippen molar-refractivity contribution in [3.05, 3.63) is 58.2 Å². The second-order valence-electron chi connectivity index (χ2n) is 6.56. The van der Waals surface area contributed by atoms with Crippen LogP contribution < -0.4 is 4.72 Å². The van der Waals surface area contributed by atoms with Gasteiger partial charge in [0.25, 0.3) is 10.0 Å². The third-order valence-electron chi connectivity index (χ3n) is 4.81. The summed E-state index contributed by atoms with van der Waals surface area (Å²) in [5, 5.41) is 1.60. The topological polar surface area (TPSA) is 62.0 Å². The average Bonchev–Trinajstić information content (AvgIpc) is 2.95. The Bertz CT molecular complexity index is 1070. The summed E-state index contributed by atoms with van der Waals surface area (Å²) in [6, 6.07) is 10.4. The molecule has 4 rings (SSSR count). The molecule has 1 aromatic heterocycles. The summed E-state index contributed by atoms with van der Waals surface area (Å²) in [5.74, 6) is 0. The highest BCUT2D eigenvalue weighted by Gasteiger charge is 2.20. The molecule has 1 aliphatic carbocycles. The number of fused-ring (bicyclic) bond motifs is 3. The van der Waals surface area contributed by atoms with Crippen LogP contribution in [0.2, 0.25) is 5.02 Å². The van der Waals surface area contributed by atoms with Crippen molar-refractivity contribution in [3.8, 4) is 0 Å². The summed E-state index contributed by atoms with van der Waals surface area (Å²) in [6.07, 6.45) is 4.37. The van der Waals surface area contributed by atoms with E-state index in [4.69, 9.17) is 11.6 Å². The van der Waals surface area contributed by atoms with Gasteiger partial charge in [-0.3, -0.25) is 4.72 Å². The summed E-state index contributed by atoms with van der Waals surface area (Å²) < 4.78 is 28.3. The first-order valence-electron chi connectivity index (χ1n) is 8.36. The highest BCUT2D eigenvalue weighted by atomic mass is 35.5. The molecule has 130 valence electrons. The molecule has 0 radical (unpaired) electrons. The van der Waals surface area contributed by atoms with Gasteiger partial charge in [0.05, 0.1) is 10.6 Å². The van der Waals surface area contributed by atoms with Crippen molar-refractivity contribution in [2.24, 2.45) is 0 Å². The zero-order chi connectivity index (χ0) is 17.6. The van der Waals surface area contributed by atoms with Gasteiger partial charge in [-0.15, -0.1) is 0 Å². The normalized spacial score (nSPS) is 14.5. The first kappa shape index (κ1) is 16.5. The highest BCUT2D eigenvalue weighted by molar-refractivity contribution is 7.92. The lowest BCUT2D eigenvalue weighted by atomic mass is 9.96. The van der Waals surface area contributed by atoms with Crippen LogP contribution in [0.15, 0.2) is 41.3 Å². The van der Waals surface area contributed by atoms with Crippen LogP contribution in [-0.2, 0) is 22.9 Å². The number of sulfonamides is 1. The number of anilines is 1. The van der Waals surface area contributed by atoms with Gasteiger partial charge in [-0.2, -0.15) is 0 Å². The Hall–Kier alpha value is -1.98. The molecule has 0 unspecified atom stereocenters. The Morgan fingerprint density at radius 2 is 1.88 bits per heavy atom. The number of halogens is 1. The van der Waals surface area contributed by atoms with Crippen molar-refractivity contribution in [1.29, 1.82) is 0 Å². The molecule has 1 aliphatic rings. The smallest absolute Gasteiger partial charge is 0.261 e. The maximum Gasteiger partial charge on any atom is 0.261 e. The Morgan fingerprint density at radius 1 is 1.08 bits per heavy atom. The van der Waals surface area contributed by atoms with Gasteiger partial charge in [0, 0.05) is 21.6 Å². The van der Waals surface area contributed by atoms with Crippen LogP contribution in [-0.4, -0.2) is 13.4 Å². The van der Waals surface area contributed by atoms with E-state index in [9.17, 15) is 8.42 Å². The molecule has 4 nitrogen and oxygen atoms in total. The zero-order valence-electron chi connectivity index (χ0n) is 13.9. The predicted molar refractivity (Wildman–Crippen MR) is 102 cm³/mol. The Balaban J connectivity index is 1.74. The van der Waals surface area contributed by atoms with Crippen molar-refractivity contribution in [1.82, 2.24) is 4.98 Å². The number of hydrogen-bond acceptors (Lipinski definition) is 2. The Kier molecular flexibility index (Phi) is 4.01. The number of hydrogen-bond donors (Lipinski definition) is 2. The number of rotatable bonds is 3. The molecule has 3 aromatic rings. The summed E-state index contributed by atoms with van der Waals surface area (Å²) in [5.41, 5.74) is 4.85. The molecule has 0 amide bonds. The summed E-state index contributed by atoms with van der Waals surface area (Å²) >= 11 is 5.94. The molecule has 0 fully saturated rings. The second-order valence-corrected chi connectivity index (χ2v) is 8.68. The van der Waals surface area contributed by atoms with Crippen molar-refractivity contribution >= 4 is 38.2 Å². The molecule has 0 spiro atoms. The maximum absolute atomic E-state index is 12.8. The zero-order valence-corrected chi connectivity index (χ0v) is 15.5. The van der Waals surface area contributed by atoms with E-state index < -0.39 is 10.0 Å². The highest BCUT2D eigenvalue weighted by Crippen LogP contribution is 2.31. The van der Waals surface area contributed by atoms with E-state index in [1.165, 1.54) is 17.7 Å². The molecule has 0 bridgehead atoms. The van der Waals surface area contributed by atoms with E-state index in [-0.39, 0.29) is 4.90 Å². The average molecular weight is 375 g/mol. The third-order valence-corrected chi connectivity index (χ3v) is 6.41. The molecule has 25 heavy (non-hydrogen) atoms. The standard InChI is InChI=1S/C19H19ClN2O2S/c1-12-10-13(20)6-8-17(12)22-25(23,24)14-7-9-19-16(11-14)15-4-2-3-5-18(15)21-19/h6-11,21-22H,2-5H2,1H3. The Labute approximate surface area is 152 Å². The number of aromatic nitrogens is 1.